The van der Waals surface area contributed by atoms with Crippen molar-refractivity contribution in [2.45, 2.75) is 0 Å². The molecule has 5 nitrogen and oxygen atoms in total. The van der Waals surface area contributed by atoms with Crippen molar-refractivity contribution in [3.63, 3.8) is 0 Å². The van der Waals surface area contributed by atoms with Crippen LogP contribution in [0.2, 0.25) is 0 Å². The van der Waals surface area contributed by atoms with Crippen LogP contribution in [0.5, 0.6) is 0 Å². The summed E-state index contributed by atoms with van der Waals surface area (Å²) in [5, 5.41) is 9.81. The summed E-state index contributed by atoms with van der Waals surface area (Å²) in [5.41, 5.74) is 1.37. The molecule has 92 valence electrons. The van der Waals surface area contributed by atoms with Crippen LogP contribution in [0.25, 0.3) is 16.6 Å². The van der Waals surface area contributed by atoms with E-state index >= 15 is 0 Å². The van der Waals surface area contributed by atoms with Gasteiger partial charge in [-0.15, -0.1) is 3.89 Å². The van der Waals surface area contributed by atoms with E-state index in [-0.39, 0.29) is 12.3 Å². The van der Waals surface area contributed by atoms with Crippen molar-refractivity contribution in [3.8, 4) is 6.07 Å². The van der Waals surface area contributed by atoms with Crippen molar-refractivity contribution in [1.82, 2.24) is 18.8 Å². The van der Waals surface area contributed by atoms with Crippen molar-refractivity contribution < 1.29 is 3.89 Å². The molecule has 2 aromatic rings. The molecule has 0 aromatic carbocycles. The maximum atomic E-state index is 12.6. The third-order valence-corrected chi connectivity index (χ3v) is 2.73. The molecule has 7 heteroatoms. The standard InChI is InChI=1S/C11H10FN5S/c1-16(2)6-8(5-13)10-9-3-4-17(18-12)11(9)15-7-14-10/h3-4,6-7H,1-2H3/b8-6+. The molecule has 0 aliphatic rings. The van der Waals surface area contributed by atoms with E-state index in [1.54, 1.807) is 23.4 Å². The highest BCUT2D eigenvalue weighted by Crippen LogP contribution is 2.25. The Morgan fingerprint density at radius 1 is 1.56 bits per heavy atom. The largest absolute Gasteiger partial charge is 0.382 e. The van der Waals surface area contributed by atoms with Gasteiger partial charge in [0.05, 0.1) is 11.3 Å². The van der Waals surface area contributed by atoms with E-state index in [0.29, 0.717) is 22.3 Å². The molecule has 18 heavy (non-hydrogen) atoms. The molecular formula is C11H10FN5S. The first-order valence-electron chi connectivity index (χ1n) is 5.07. The Bertz CT molecular complexity index is 640. The Labute approximate surface area is 108 Å². The summed E-state index contributed by atoms with van der Waals surface area (Å²) in [4.78, 5) is 9.87. The zero-order chi connectivity index (χ0) is 13.1. The quantitative estimate of drug-likeness (QED) is 0.795. The van der Waals surface area contributed by atoms with Gasteiger partial charge in [-0.05, 0) is 6.07 Å². The molecule has 2 rings (SSSR count). The van der Waals surface area contributed by atoms with Gasteiger partial charge in [-0.3, -0.25) is 0 Å². The number of nitrogens with zero attached hydrogens (tertiary/aromatic N) is 5. The number of fused-ring (bicyclic) bond motifs is 1. The molecule has 0 saturated heterocycles. The number of nitriles is 1. The molecule has 0 bridgehead atoms. The molecule has 0 radical (unpaired) electrons. The molecule has 0 spiro atoms. The summed E-state index contributed by atoms with van der Waals surface area (Å²) in [5.74, 6) is 0. The summed E-state index contributed by atoms with van der Waals surface area (Å²) in [7, 11) is 3.64. The molecule has 0 unspecified atom stereocenters. The fraction of sp³-hybridized carbons (Fsp3) is 0.182. The van der Waals surface area contributed by atoms with E-state index in [9.17, 15) is 3.89 Å². The van der Waals surface area contributed by atoms with Crippen molar-refractivity contribution in [1.29, 1.82) is 5.26 Å². The Balaban J connectivity index is 2.65. The van der Waals surface area contributed by atoms with E-state index in [1.807, 2.05) is 14.1 Å². The van der Waals surface area contributed by atoms with Crippen LogP contribution < -0.4 is 0 Å². The van der Waals surface area contributed by atoms with Gasteiger partial charge in [-0.2, -0.15) is 5.26 Å². The Morgan fingerprint density at radius 3 is 2.94 bits per heavy atom. The second-order valence-corrected chi connectivity index (χ2v) is 4.32. The molecule has 0 saturated carbocycles. The second kappa shape index (κ2) is 5.06. The van der Waals surface area contributed by atoms with Gasteiger partial charge in [0.15, 0.2) is 18.0 Å². The molecule has 0 N–H and O–H groups in total. The molecule has 0 fully saturated rings. The second-order valence-electron chi connectivity index (χ2n) is 3.79. The summed E-state index contributed by atoms with van der Waals surface area (Å²) >= 11 is 0.0605. The van der Waals surface area contributed by atoms with Gasteiger partial charge in [-0.25, -0.2) is 13.9 Å². The fourth-order valence-corrected chi connectivity index (χ4v) is 1.92. The highest BCUT2D eigenvalue weighted by molar-refractivity contribution is 7.92. The molecular weight excluding hydrogens is 253 g/mol. The van der Waals surface area contributed by atoms with Crippen LogP contribution in [0.15, 0.2) is 24.8 Å². The van der Waals surface area contributed by atoms with Gasteiger partial charge in [0.25, 0.3) is 0 Å². The Morgan fingerprint density at radius 2 is 2.33 bits per heavy atom. The topological polar surface area (TPSA) is 57.7 Å². The van der Waals surface area contributed by atoms with E-state index in [2.05, 4.69) is 16.0 Å². The number of allylic oxidation sites excluding steroid dienone is 1. The number of rotatable bonds is 3. The van der Waals surface area contributed by atoms with Gasteiger partial charge in [0.2, 0.25) is 0 Å². The van der Waals surface area contributed by atoms with Crippen molar-refractivity contribution in [2.24, 2.45) is 0 Å². The van der Waals surface area contributed by atoms with E-state index < -0.39 is 0 Å². The number of aromatic nitrogens is 3. The Hall–Kier alpha value is -2.07. The SMILES string of the molecule is CN(C)/C=C(\C#N)c1ncnc2c1ccn2SF. The minimum absolute atomic E-state index is 0.0605. The molecule has 0 amide bonds. The van der Waals surface area contributed by atoms with Crippen LogP contribution in [0, 0.1) is 11.3 Å². The van der Waals surface area contributed by atoms with Crippen LogP contribution in [-0.4, -0.2) is 32.9 Å². The summed E-state index contributed by atoms with van der Waals surface area (Å²) in [6, 6.07) is 3.78. The van der Waals surface area contributed by atoms with Crippen LogP contribution in [0.3, 0.4) is 0 Å². The van der Waals surface area contributed by atoms with Crippen molar-refractivity contribution in [2.75, 3.05) is 14.1 Å². The predicted octanol–water partition coefficient (Wildman–Crippen LogP) is 2.24. The summed E-state index contributed by atoms with van der Waals surface area (Å²) in [6.07, 6.45) is 4.55. The van der Waals surface area contributed by atoms with E-state index in [4.69, 9.17) is 5.26 Å². The lowest BCUT2D eigenvalue weighted by Crippen LogP contribution is -2.03. The molecule has 2 heterocycles. The van der Waals surface area contributed by atoms with Gasteiger partial charge < -0.3 is 4.90 Å². The Kier molecular flexibility index (Phi) is 3.48. The number of halogens is 1. The minimum atomic E-state index is 0.0605. The third-order valence-electron chi connectivity index (χ3n) is 2.29. The first-order chi connectivity index (χ1) is 8.67. The van der Waals surface area contributed by atoms with Gasteiger partial charge in [0, 0.05) is 31.9 Å². The van der Waals surface area contributed by atoms with Crippen molar-refractivity contribution >= 4 is 28.9 Å². The molecule has 0 aliphatic heterocycles. The highest BCUT2D eigenvalue weighted by Gasteiger charge is 2.12. The first kappa shape index (κ1) is 12.4. The lowest BCUT2D eigenvalue weighted by molar-refractivity contribution is 0.566. The fourth-order valence-electron chi connectivity index (χ4n) is 1.60. The van der Waals surface area contributed by atoms with Gasteiger partial charge in [0.1, 0.15) is 12.4 Å². The highest BCUT2D eigenvalue weighted by atomic mass is 32.2. The monoisotopic (exact) mass is 263 g/mol. The smallest absolute Gasteiger partial charge is 0.171 e. The maximum absolute atomic E-state index is 12.6. The zero-order valence-electron chi connectivity index (χ0n) is 9.83. The normalized spacial score (nSPS) is 11.6. The molecule has 0 aliphatic carbocycles. The van der Waals surface area contributed by atoms with Crippen LogP contribution in [0.4, 0.5) is 3.89 Å². The van der Waals surface area contributed by atoms with Gasteiger partial charge in [-0.1, -0.05) is 0 Å². The molecule has 2 aromatic heterocycles. The number of hydrogen-bond acceptors (Lipinski definition) is 5. The lowest BCUT2D eigenvalue weighted by atomic mass is 10.1. The summed E-state index contributed by atoms with van der Waals surface area (Å²) in [6.45, 7) is 0. The average Bonchev–Trinajstić information content (AvgIpc) is 2.78. The average molecular weight is 263 g/mol. The zero-order valence-corrected chi connectivity index (χ0v) is 10.6. The lowest BCUT2D eigenvalue weighted by Gasteiger charge is -2.06. The molecule has 0 atom stereocenters. The number of hydrogen-bond donors (Lipinski definition) is 0. The third kappa shape index (κ3) is 2.15. The maximum Gasteiger partial charge on any atom is 0.171 e. The van der Waals surface area contributed by atoms with E-state index in [0.717, 1.165) is 0 Å². The first-order valence-corrected chi connectivity index (χ1v) is 5.74. The summed E-state index contributed by atoms with van der Waals surface area (Å²) < 4.78 is 13.9. The van der Waals surface area contributed by atoms with Crippen molar-refractivity contribution in [3.05, 3.63) is 30.5 Å². The van der Waals surface area contributed by atoms with Gasteiger partial charge >= 0.3 is 0 Å². The predicted molar refractivity (Wildman–Crippen MR) is 68.9 cm³/mol. The van der Waals surface area contributed by atoms with E-state index in [1.165, 1.54) is 10.3 Å². The van der Waals surface area contributed by atoms with Crippen LogP contribution in [0.1, 0.15) is 5.69 Å². The minimum Gasteiger partial charge on any atom is -0.382 e. The van der Waals surface area contributed by atoms with Crippen LogP contribution >= 0.6 is 12.3 Å². The van der Waals surface area contributed by atoms with Crippen LogP contribution in [-0.2, 0) is 0 Å².